The molecule has 2 bridgehead atoms. The first-order valence-electron chi connectivity index (χ1n) is 7.01. The van der Waals surface area contributed by atoms with Crippen LogP contribution in [0.3, 0.4) is 0 Å². The van der Waals surface area contributed by atoms with Crippen molar-refractivity contribution in [2.45, 2.75) is 19.3 Å². The molecule has 1 aromatic carbocycles. The van der Waals surface area contributed by atoms with Gasteiger partial charge in [-0.25, -0.2) is 0 Å². The van der Waals surface area contributed by atoms with E-state index in [1.165, 1.54) is 19.3 Å². The van der Waals surface area contributed by atoms with Crippen molar-refractivity contribution in [3.05, 3.63) is 22.7 Å². The van der Waals surface area contributed by atoms with E-state index in [4.69, 9.17) is 5.73 Å². The van der Waals surface area contributed by atoms with Crippen molar-refractivity contribution in [2.24, 2.45) is 29.6 Å². The summed E-state index contributed by atoms with van der Waals surface area (Å²) >= 11 is 3.36. The molecule has 1 amide bonds. The fraction of sp³-hybridized carbons (Fsp3) is 0.533. The van der Waals surface area contributed by atoms with Crippen molar-refractivity contribution in [2.75, 3.05) is 11.1 Å². The number of carbonyl (C=O) groups excluding carboxylic acids is 1. The summed E-state index contributed by atoms with van der Waals surface area (Å²) in [4.78, 5) is 12.3. The van der Waals surface area contributed by atoms with Gasteiger partial charge >= 0.3 is 0 Å². The quantitative estimate of drug-likeness (QED) is 0.822. The minimum atomic E-state index is 0.202. The normalized spacial score (nSPS) is 38.1. The van der Waals surface area contributed by atoms with Crippen molar-refractivity contribution in [1.29, 1.82) is 0 Å². The van der Waals surface area contributed by atoms with Crippen molar-refractivity contribution in [3.8, 4) is 0 Å². The van der Waals surface area contributed by atoms with E-state index >= 15 is 0 Å². The number of nitrogens with two attached hydrogens (primary N) is 1. The van der Waals surface area contributed by atoms with E-state index in [1.807, 2.05) is 18.2 Å². The molecular formula is C15H17BrN2O. The number of rotatable bonds is 2. The molecule has 0 aromatic heterocycles. The molecule has 4 atom stereocenters. The minimum Gasteiger partial charge on any atom is -0.398 e. The smallest absolute Gasteiger partial charge is 0.228 e. The Bertz CT molecular complexity index is 543. The first-order chi connectivity index (χ1) is 9.15. The summed E-state index contributed by atoms with van der Waals surface area (Å²) in [5.74, 6) is 3.52. The summed E-state index contributed by atoms with van der Waals surface area (Å²) < 4.78 is 0.867. The lowest BCUT2D eigenvalue weighted by molar-refractivity contribution is -0.118. The SMILES string of the molecule is Nc1cc(NC(=O)C2C3C4CCC(C4)C23)ccc1Br. The number of hydrogen-bond acceptors (Lipinski definition) is 2. The van der Waals surface area contributed by atoms with E-state index in [1.54, 1.807) is 0 Å². The van der Waals surface area contributed by atoms with Crippen molar-refractivity contribution in [3.63, 3.8) is 0 Å². The molecule has 1 aromatic rings. The van der Waals surface area contributed by atoms with Crippen molar-refractivity contribution >= 4 is 33.2 Å². The summed E-state index contributed by atoms with van der Waals surface area (Å²) in [5.41, 5.74) is 7.31. The van der Waals surface area contributed by atoms with Gasteiger partial charge in [-0.05, 0) is 77.1 Å². The lowest BCUT2D eigenvalue weighted by Crippen LogP contribution is -2.18. The van der Waals surface area contributed by atoms with E-state index in [0.29, 0.717) is 17.5 Å². The Morgan fingerprint density at radius 1 is 1.26 bits per heavy atom. The molecule has 19 heavy (non-hydrogen) atoms. The Hall–Kier alpha value is -1.03. The highest BCUT2D eigenvalue weighted by Gasteiger charge is 2.67. The lowest BCUT2D eigenvalue weighted by atomic mass is 10.0. The number of fused-ring (bicyclic) bond motifs is 5. The molecule has 3 fully saturated rings. The largest absolute Gasteiger partial charge is 0.398 e. The van der Waals surface area contributed by atoms with Gasteiger partial charge in [0.25, 0.3) is 0 Å². The third kappa shape index (κ3) is 1.72. The fourth-order valence-corrected chi connectivity index (χ4v) is 4.77. The lowest BCUT2D eigenvalue weighted by Gasteiger charge is -2.10. The maximum atomic E-state index is 12.3. The number of nitrogens with one attached hydrogen (secondary N) is 1. The molecule has 3 nitrogen and oxygen atoms in total. The van der Waals surface area contributed by atoms with Crippen LogP contribution in [0.2, 0.25) is 0 Å². The van der Waals surface area contributed by atoms with Crippen molar-refractivity contribution < 1.29 is 4.79 Å². The van der Waals surface area contributed by atoms with E-state index in [-0.39, 0.29) is 11.8 Å². The van der Waals surface area contributed by atoms with Gasteiger partial charge in [0.05, 0.1) is 0 Å². The van der Waals surface area contributed by atoms with E-state index in [2.05, 4.69) is 21.2 Å². The maximum Gasteiger partial charge on any atom is 0.228 e. The molecule has 4 rings (SSSR count). The second-order valence-corrected chi connectivity index (χ2v) is 7.09. The Kier molecular flexibility index (Phi) is 2.47. The van der Waals surface area contributed by atoms with Crippen LogP contribution in [-0.4, -0.2) is 5.91 Å². The van der Waals surface area contributed by atoms with Crippen LogP contribution in [0.4, 0.5) is 11.4 Å². The third-order valence-electron chi connectivity index (χ3n) is 5.30. The molecule has 3 aliphatic carbocycles. The highest BCUT2D eigenvalue weighted by molar-refractivity contribution is 9.10. The monoisotopic (exact) mass is 320 g/mol. The average Bonchev–Trinajstić information content (AvgIpc) is 2.83. The predicted octanol–water partition coefficient (Wildman–Crippen LogP) is 3.26. The second kappa shape index (κ2) is 3.98. The maximum absolute atomic E-state index is 12.3. The number of halogens is 1. The predicted molar refractivity (Wildman–Crippen MR) is 78.5 cm³/mol. The molecule has 4 heteroatoms. The zero-order chi connectivity index (χ0) is 13.1. The van der Waals surface area contributed by atoms with Crippen LogP contribution >= 0.6 is 15.9 Å². The second-order valence-electron chi connectivity index (χ2n) is 6.24. The number of hydrogen-bond donors (Lipinski definition) is 2. The van der Waals surface area contributed by atoms with Crippen LogP contribution in [0.25, 0.3) is 0 Å². The van der Waals surface area contributed by atoms with Crippen LogP contribution in [0.5, 0.6) is 0 Å². The molecule has 0 aliphatic heterocycles. The van der Waals surface area contributed by atoms with Crippen LogP contribution in [0, 0.1) is 29.6 Å². The molecule has 0 saturated heterocycles. The number of carbonyl (C=O) groups is 1. The minimum absolute atomic E-state index is 0.202. The van der Waals surface area contributed by atoms with Gasteiger partial charge in [-0.1, -0.05) is 0 Å². The van der Waals surface area contributed by atoms with Crippen LogP contribution in [0.15, 0.2) is 22.7 Å². The van der Waals surface area contributed by atoms with Crippen LogP contribution in [0.1, 0.15) is 19.3 Å². The zero-order valence-corrected chi connectivity index (χ0v) is 12.2. The Balaban J connectivity index is 1.47. The van der Waals surface area contributed by atoms with E-state index < -0.39 is 0 Å². The third-order valence-corrected chi connectivity index (χ3v) is 6.02. The summed E-state index contributed by atoms with van der Waals surface area (Å²) in [5, 5.41) is 3.03. The molecule has 0 radical (unpaired) electrons. The molecule has 4 unspecified atom stereocenters. The zero-order valence-electron chi connectivity index (χ0n) is 10.6. The van der Waals surface area contributed by atoms with Gasteiger partial charge in [-0.15, -0.1) is 0 Å². The van der Waals surface area contributed by atoms with Crippen LogP contribution in [-0.2, 0) is 4.79 Å². The topological polar surface area (TPSA) is 55.1 Å². The van der Waals surface area contributed by atoms with Gasteiger partial charge in [0.2, 0.25) is 5.91 Å². The molecule has 3 aliphatic rings. The van der Waals surface area contributed by atoms with Crippen LogP contribution < -0.4 is 11.1 Å². The Labute approximate surface area is 121 Å². The molecule has 0 spiro atoms. The van der Waals surface area contributed by atoms with Gasteiger partial charge in [-0.2, -0.15) is 0 Å². The van der Waals surface area contributed by atoms with Gasteiger partial charge in [0, 0.05) is 21.8 Å². The summed E-state index contributed by atoms with van der Waals surface area (Å²) in [6.07, 6.45) is 4.08. The summed E-state index contributed by atoms with van der Waals surface area (Å²) in [6.45, 7) is 0. The van der Waals surface area contributed by atoms with Gasteiger partial charge in [0.15, 0.2) is 0 Å². The highest BCUT2D eigenvalue weighted by Crippen LogP contribution is 2.69. The number of anilines is 2. The van der Waals surface area contributed by atoms with Gasteiger partial charge in [-0.3, -0.25) is 4.79 Å². The molecular weight excluding hydrogens is 304 g/mol. The standard InChI is InChI=1S/C15H17BrN2O/c16-10-4-3-9(6-11(10)17)18-15(19)14-12-7-1-2-8(5-7)13(12)14/h3-4,6-8,12-14H,1-2,5,17H2,(H,18,19). The fourth-order valence-electron chi connectivity index (χ4n) is 4.52. The van der Waals surface area contributed by atoms with Gasteiger partial charge in [0.1, 0.15) is 0 Å². The number of amides is 1. The Morgan fingerprint density at radius 2 is 1.95 bits per heavy atom. The highest BCUT2D eigenvalue weighted by atomic mass is 79.9. The molecule has 0 heterocycles. The molecule has 100 valence electrons. The average molecular weight is 321 g/mol. The van der Waals surface area contributed by atoms with E-state index in [0.717, 1.165) is 22.0 Å². The first-order valence-corrected chi connectivity index (χ1v) is 7.80. The summed E-state index contributed by atoms with van der Waals surface area (Å²) in [6, 6.07) is 5.59. The van der Waals surface area contributed by atoms with Crippen molar-refractivity contribution in [1.82, 2.24) is 0 Å². The number of benzene rings is 1. The Morgan fingerprint density at radius 3 is 2.58 bits per heavy atom. The summed E-state index contributed by atoms with van der Waals surface area (Å²) in [7, 11) is 0. The molecule has 3 N–H and O–H groups in total. The molecule has 3 saturated carbocycles. The van der Waals surface area contributed by atoms with E-state index in [9.17, 15) is 4.79 Å². The van der Waals surface area contributed by atoms with Gasteiger partial charge < -0.3 is 11.1 Å². The first kappa shape index (κ1) is 11.8. The number of nitrogen functional groups attached to an aromatic ring is 1.